The zero-order valence-electron chi connectivity index (χ0n) is 22.1. The van der Waals surface area contributed by atoms with E-state index in [1.54, 1.807) is 21.9 Å². The number of benzene rings is 1. The summed E-state index contributed by atoms with van der Waals surface area (Å²) in [6.45, 7) is 11.3. The molecule has 4 heterocycles. The summed E-state index contributed by atoms with van der Waals surface area (Å²) in [6.07, 6.45) is 6.16. The first-order valence-corrected chi connectivity index (χ1v) is 13.7. The number of hydrogen-bond acceptors (Lipinski definition) is 5. The number of piperidine rings is 2. The molecular weight excluding hydrogens is 459 g/mol. The van der Waals surface area contributed by atoms with Crippen LogP contribution in [0.25, 0.3) is 0 Å². The van der Waals surface area contributed by atoms with Crippen molar-refractivity contribution in [2.45, 2.75) is 77.4 Å². The quantitative estimate of drug-likeness (QED) is 0.605. The third-order valence-electron chi connectivity index (χ3n) is 8.52. The largest absolute Gasteiger partial charge is 0.444 e. The third-order valence-corrected chi connectivity index (χ3v) is 8.52. The Bertz CT molecular complexity index is 979. The number of carbonyl (C=O) groups excluding carboxylic acids is 2. The molecule has 8 heteroatoms. The van der Waals surface area contributed by atoms with E-state index < -0.39 is 11.0 Å². The molecule has 4 fully saturated rings. The molecule has 2 amide bonds. The highest BCUT2D eigenvalue weighted by atomic mass is 19.1. The molecule has 0 aliphatic carbocycles. The number of halogens is 1. The van der Waals surface area contributed by atoms with Crippen molar-refractivity contribution in [3.8, 4) is 0 Å². The minimum absolute atomic E-state index is 0.000455. The zero-order chi connectivity index (χ0) is 25.5. The molecular formula is C28H41FN4O3. The van der Waals surface area contributed by atoms with Gasteiger partial charge < -0.3 is 19.4 Å². The van der Waals surface area contributed by atoms with Gasteiger partial charge in [0.25, 0.3) is 0 Å². The lowest BCUT2D eigenvalue weighted by atomic mass is 9.71. The fourth-order valence-electron chi connectivity index (χ4n) is 6.50. The minimum Gasteiger partial charge on any atom is -0.444 e. The smallest absolute Gasteiger partial charge is 0.410 e. The normalized spacial score (nSPS) is 25.2. The van der Waals surface area contributed by atoms with Crippen LogP contribution in [0.5, 0.6) is 0 Å². The molecule has 0 aromatic heterocycles. The van der Waals surface area contributed by atoms with Gasteiger partial charge in [-0.15, -0.1) is 0 Å². The number of rotatable bonds is 3. The monoisotopic (exact) mass is 500 g/mol. The molecule has 4 saturated heterocycles. The van der Waals surface area contributed by atoms with Crippen molar-refractivity contribution in [1.29, 1.82) is 0 Å². The summed E-state index contributed by atoms with van der Waals surface area (Å²) < 4.78 is 21.0. The van der Waals surface area contributed by atoms with Crippen molar-refractivity contribution in [3.63, 3.8) is 0 Å². The predicted molar refractivity (Wildman–Crippen MR) is 139 cm³/mol. The Labute approximate surface area is 214 Å². The second kappa shape index (κ2) is 9.84. The van der Waals surface area contributed by atoms with E-state index in [-0.39, 0.29) is 17.8 Å². The van der Waals surface area contributed by atoms with Gasteiger partial charge in [0.05, 0.1) is 11.1 Å². The standard InChI is InChI=1S/C28H41FN4O3/c1-27(2,3)36-26(35)31-17-11-28(12-18-31)10-6-15-33(25(28)34)24-8-7-21(19-23(24)29)32-16-9-22(20-32)30-13-4-5-14-30/h7-8,19,22H,4-6,9-18,20H2,1-3H3/t22-/m0/s1. The topological polar surface area (TPSA) is 56.3 Å². The van der Waals surface area contributed by atoms with Gasteiger partial charge in [0.2, 0.25) is 5.91 Å². The Kier molecular flexibility index (Phi) is 6.92. The first-order valence-electron chi connectivity index (χ1n) is 13.7. The van der Waals surface area contributed by atoms with Gasteiger partial charge in [-0.2, -0.15) is 0 Å². The van der Waals surface area contributed by atoms with Crippen LogP contribution in [0.4, 0.5) is 20.6 Å². The molecule has 0 N–H and O–H groups in total. The Balaban J connectivity index is 1.24. The van der Waals surface area contributed by atoms with E-state index in [9.17, 15) is 9.59 Å². The Hall–Kier alpha value is -2.35. The summed E-state index contributed by atoms with van der Waals surface area (Å²) in [7, 11) is 0. The van der Waals surface area contributed by atoms with Crippen LogP contribution in [0.3, 0.4) is 0 Å². The second-order valence-corrected chi connectivity index (χ2v) is 12.1. The SMILES string of the molecule is CC(C)(C)OC(=O)N1CCC2(CCCN(c3ccc(N4CC[C@H](N5CCCC5)C4)cc3F)C2=O)CC1. The van der Waals surface area contributed by atoms with Gasteiger partial charge in [0, 0.05) is 44.5 Å². The number of hydrogen-bond donors (Lipinski definition) is 0. The molecule has 4 aliphatic heterocycles. The fraction of sp³-hybridized carbons (Fsp3) is 0.714. The van der Waals surface area contributed by atoms with Crippen LogP contribution in [0.15, 0.2) is 18.2 Å². The minimum atomic E-state index is -0.544. The average molecular weight is 501 g/mol. The van der Waals surface area contributed by atoms with E-state index in [2.05, 4.69) is 9.80 Å². The maximum Gasteiger partial charge on any atom is 0.410 e. The van der Waals surface area contributed by atoms with E-state index in [1.165, 1.54) is 25.9 Å². The van der Waals surface area contributed by atoms with Gasteiger partial charge in [-0.1, -0.05) is 0 Å². The molecule has 1 aromatic carbocycles. The molecule has 0 radical (unpaired) electrons. The molecule has 36 heavy (non-hydrogen) atoms. The number of likely N-dealkylation sites (tertiary alicyclic amines) is 2. The molecule has 7 nitrogen and oxygen atoms in total. The van der Waals surface area contributed by atoms with Crippen molar-refractivity contribution < 1.29 is 18.7 Å². The van der Waals surface area contributed by atoms with E-state index in [0.717, 1.165) is 38.0 Å². The van der Waals surface area contributed by atoms with Gasteiger partial charge in [-0.3, -0.25) is 9.69 Å². The summed E-state index contributed by atoms with van der Waals surface area (Å²) in [6, 6.07) is 5.94. The van der Waals surface area contributed by atoms with Crippen LogP contribution < -0.4 is 9.80 Å². The van der Waals surface area contributed by atoms with Crippen molar-refractivity contribution in [1.82, 2.24) is 9.80 Å². The summed E-state index contributed by atoms with van der Waals surface area (Å²) >= 11 is 0. The lowest BCUT2D eigenvalue weighted by molar-refractivity contribution is -0.133. The fourth-order valence-corrected chi connectivity index (χ4v) is 6.50. The van der Waals surface area contributed by atoms with Gasteiger partial charge in [-0.25, -0.2) is 9.18 Å². The Morgan fingerprint density at radius 2 is 1.72 bits per heavy atom. The van der Waals surface area contributed by atoms with Crippen LogP contribution >= 0.6 is 0 Å². The summed E-state index contributed by atoms with van der Waals surface area (Å²) in [5, 5.41) is 0. The summed E-state index contributed by atoms with van der Waals surface area (Å²) in [4.78, 5) is 34.4. The Morgan fingerprint density at radius 3 is 2.39 bits per heavy atom. The molecule has 1 atom stereocenters. The zero-order valence-corrected chi connectivity index (χ0v) is 22.1. The lowest BCUT2D eigenvalue weighted by Gasteiger charge is -2.46. The number of nitrogens with zero attached hydrogens (tertiary/aromatic N) is 4. The van der Waals surface area contributed by atoms with E-state index >= 15 is 4.39 Å². The first kappa shape index (κ1) is 25.3. The van der Waals surface area contributed by atoms with Crippen LogP contribution in [-0.4, -0.2) is 79.3 Å². The van der Waals surface area contributed by atoms with Crippen LogP contribution in [-0.2, 0) is 9.53 Å². The maximum atomic E-state index is 15.4. The van der Waals surface area contributed by atoms with Gasteiger partial charge in [0.1, 0.15) is 11.4 Å². The molecule has 4 aliphatic rings. The number of amides is 2. The summed E-state index contributed by atoms with van der Waals surface area (Å²) in [5.74, 6) is -0.326. The Morgan fingerprint density at radius 1 is 1.00 bits per heavy atom. The van der Waals surface area contributed by atoms with Crippen LogP contribution in [0.1, 0.15) is 65.7 Å². The van der Waals surface area contributed by atoms with Crippen LogP contribution in [0, 0.1) is 11.2 Å². The third kappa shape index (κ3) is 5.06. The number of anilines is 2. The van der Waals surface area contributed by atoms with Crippen molar-refractivity contribution in [3.05, 3.63) is 24.0 Å². The van der Waals surface area contributed by atoms with Crippen molar-refractivity contribution in [2.24, 2.45) is 5.41 Å². The highest BCUT2D eigenvalue weighted by Crippen LogP contribution is 2.43. The van der Waals surface area contributed by atoms with E-state index in [4.69, 9.17) is 4.74 Å². The van der Waals surface area contributed by atoms with Gasteiger partial charge in [-0.05, 0) is 97.0 Å². The molecule has 0 bridgehead atoms. The molecule has 198 valence electrons. The molecule has 1 spiro atoms. The first-order chi connectivity index (χ1) is 17.2. The van der Waals surface area contributed by atoms with Crippen molar-refractivity contribution in [2.75, 3.05) is 55.6 Å². The van der Waals surface area contributed by atoms with Gasteiger partial charge >= 0.3 is 6.09 Å². The maximum absolute atomic E-state index is 15.4. The second-order valence-electron chi connectivity index (χ2n) is 12.1. The molecule has 5 rings (SSSR count). The highest BCUT2D eigenvalue weighted by Gasteiger charge is 2.47. The highest BCUT2D eigenvalue weighted by molar-refractivity contribution is 5.98. The van der Waals surface area contributed by atoms with E-state index in [1.807, 2.05) is 26.8 Å². The van der Waals surface area contributed by atoms with E-state index in [0.29, 0.717) is 44.2 Å². The van der Waals surface area contributed by atoms with Crippen LogP contribution in [0.2, 0.25) is 0 Å². The number of carbonyl (C=O) groups is 2. The average Bonchev–Trinajstić information content (AvgIpc) is 3.53. The predicted octanol–water partition coefficient (Wildman–Crippen LogP) is 4.64. The molecule has 0 saturated carbocycles. The van der Waals surface area contributed by atoms with Gasteiger partial charge in [0.15, 0.2) is 0 Å². The molecule has 0 unspecified atom stereocenters. The summed E-state index contributed by atoms with van der Waals surface area (Å²) in [5.41, 5.74) is 0.215. The lowest BCUT2D eigenvalue weighted by Crippen LogP contribution is -2.55. The molecule has 1 aromatic rings. The number of ether oxygens (including phenoxy) is 1. The van der Waals surface area contributed by atoms with Crippen molar-refractivity contribution >= 4 is 23.4 Å².